The van der Waals surface area contributed by atoms with Gasteiger partial charge in [-0.25, -0.2) is 4.98 Å². The first kappa shape index (κ1) is 20.0. The molecule has 162 valence electrons. The molecule has 0 unspecified atom stereocenters. The summed E-state index contributed by atoms with van der Waals surface area (Å²) in [5.74, 6) is 0. The van der Waals surface area contributed by atoms with Crippen LogP contribution >= 0.6 is 0 Å². The van der Waals surface area contributed by atoms with Gasteiger partial charge in [0.2, 0.25) is 0 Å². The zero-order valence-corrected chi connectivity index (χ0v) is 17.8. The van der Waals surface area contributed by atoms with E-state index in [1.165, 1.54) is 18.5 Å². The van der Waals surface area contributed by atoms with Gasteiger partial charge in [-0.1, -0.05) is 12.8 Å². The highest BCUT2D eigenvalue weighted by Crippen LogP contribution is 2.28. The van der Waals surface area contributed by atoms with Gasteiger partial charge in [-0.15, -0.1) is 0 Å². The number of piperazine rings is 1. The van der Waals surface area contributed by atoms with Gasteiger partial charge in [-0.2, -0.15) is 0 Å². The lowest BCUT2D eigenvalue weighted by Gasteiger charge is -2.37. The molecule has 3 aliphatic rings. The maximum Gasteiger partial charge on any atom is 0.261 e. The van der Waals surface area contributed by atoms with Gasteiger partial charge in [-0.3, -0.25) is 19.2 Å². The Balaban J connectivity index is 1.21. The minimum atomic E-state index is 0.117. The van der Waals surface area contributed by atoms with Crippen LogP contribution in [-0.2, 0) is 4.74 Å². The number of hydrogen-bond acceptors (Lipinski definition) is 6. The first-order valence-corrected chi connectivity index (χ1v) is 11.6. The van der Waals surface area contributed by atoms with Gasteiger partial charge in [-0.05, 0) is 31.0 Å². The average Bonchev–Trinajstić information content (AvgIpc) is 3.33. The number of benzene rings is 1. The molecular formula is C23H33N5O2. The predicted molar refractivity (Wildman–Crippen MR) is 119 cm³/mol. The summed E-state index contributed by atoms with van der Waals surface area (Å²) in [7, 11) is 0. The number of nitrogens with zero attached hydrogens (tertiary/aromatic N) is 5. The number of ether oxygens (including phenoxy) is 1. The number of aromatic nitrogens is 2. The molecular weight excluding hydrogens is 378 g/mol. The van der Waals surface area contributed by atoms with Crippen molar-refractivity contribution in [1.29, 1.82) is 0 Å². The lowest BCUT2D eigenvalue weighted by atomic mass is 10.1. The molecule has 0 atom stereocenters. The molecule has 0 radical (unpaired) electrons. The molecule has 30 heavy (non-hydrogen) atoms. The third kappa shape index (κ3) is 4.24. The molecule has 7 nitrogen and oxygen atoms in total. The van der Waals surface area contributed by atoms with Gasteiger partial charge >= 0.3 is 0 Å². The first-order chi connectivity index (χ1) is 14.8. The molecule has 1 aromatic carbocycles. The largest absolute Gasteiger partial charge is 0.379 e. The van der Waals surface area contributed by atoms with Crippen LogP contribution in [0.4, 0.5) is 5.69 Å². The Morgan fingerprint density at radius 3 is 2.37 bits per heavy atom. The summed E-state index contributed by atoms with van der Waals surface area (Å²) in [5, 5.41) is 0.747. The number of hydrogen-bond donors (Lipinski definition) is 0. The van der Waals surface area contributed by atoms with Crippen LogP contribution in [0, 0.1) is 0 Å². The van der Waals surface area contributed by atoms with Crippen LogP contribution in [-0.4, -0.2) is 84.9 Å². The van der Waals surface area contributed by atoms with Crippen molar-refractivity contribution < 1.29 is 4.74 Å². The van der Waals surface area contributed by atoms with Crippen LogP contribution in [0.25, 0.3) is 10.9 Å². The number of anilines is 1. The molecule has 1 aliphatic carbocycles. The zero-order valence-electron chi connectivity index (χ0n) is 17.8. The molecule has 0 N–H and O–H groups in total. The van der Waals surface area contributed by atoms with Crippen molar-refractivity contribution in [2.75, 3.05) is 70.5 Å². The van der Waals surface area contributed by atoms with Crippen LogP contribution in [0.1, 0.15) is 31.7 Å². The highest BCUT2D eigenvalue weighted by molar-refractivity contribution is 5.81. The van der Waals surface area contributed by atoms with Crippen molar-refractivity contribution in [2.45, 2.75) is 31.7 Å². The normalized spacial score (nSPS) is 22.2. The fraction of sp³-hybridized carbons (Fsp3) is 0.652. The van der Waals surface area contributed by atoms with E-state index >= 15 is 0 Å². The van der Waals surface area contributed by atoms with E-state index in [-0.39, 0.29) is 5.56 Å². The predicted octanol–water partition coefficient (Wildman–Crippen LogP) is 1.97. The van der Waals surface area contributed by atoms with Crippen molar-refractivity contribution in [3.05, 3.63) is 34.9 Å². The molecule has 2 aromatic rings. The molecule has 1 saturated carbocycles. The maximum atomic E-state index is 12.9. The van der Waals surface area contributed by atoms with Crippen molar-refractivity contribution in [3.8, 4) is 0 Å². The molecule has 7 heteroatoms. The van der Waals surface area contributed by atoms with Crippen molar-refractivity contribution in [1.82, 2.24) is 19.4 Å². The summed E-state index contributed by atoms with van der Waals surface area (Å²) in [5.41, 5.74) is 2.12. The van der Waals surface area contributed by atoms with E-state index in [1.54, 1.807) is 6.33 Å². The Labute approximate surface area is 178 Å². The van der Waals surface area contributed by atoms with E-state index < -0.39 is 0 Å². The second kappa shape index (κ2) is 9.04. The third-order valence-electron chi connectivity index (χ3n) is 7.06. The Hall–Kier alpha value is -1.96. The van der Waals surface area contributed by atoms with Crippen LogP contribution < -0.4 is 10.5 Å². The molecule has 0 bridgehead atoms. The van der Waals surface area contributed by atoms with Crippen molar-refractivity contribution >= 4 is 16.6 Å². The minimum Gasteiger partial charge on any atom is -0.379 e. The third-order valence-corrected chi connectivity index (χ3v) is 7.06. The van der Waals surface area contributed by atoms with Gasteiger partial charge in [0.15, 0.2) is 0 Å². The molecule has 3 fully saturated rings. The Morgan fingerprint density at radius 2 is 1.63 bits per heavy atom. The highest BCUT2D eigenvalue weighted by atomic mass is 16.5. The fourth-order valence-corrected chi connectivity index (χ4v) is 5.10. The average molecular weight is 412 g/mol. The molecule has 0 amide bonds. The smallest absolute Gasteiger partial charge is 0.261 e. The van der Waals surface area contributed by atoms with Gasteiger partial charge in [0, 0.05) is 64.1 Å². The topological polar surface area (TPSA) is 53.8 Å². The molecule has 1 aromatic heterocycles. The first-order valence-electron chi connectivity index (χ1n) is 11.6. The van der Waals surface area contributed by atoms with E-state index in [9.17, 15) is 4.79 Å². The Kier molecular flexibility index (Phi) is 6.02. The minimum absolute atomic E-state index is 0.117. The van der Waals surface area contributed by atoms with Crippen LogP contribution in [0.15, 0.2) is 29.3 Å². The van der Waals surface area contributed by atoms with E-state index in [4.69, 9.17) is 4.74 Å². The second-order valence-corrected chi connectivity index (χ2v) is 8.88. The number of rotatable bonds is 5. The monoisotopic (exact) mass is 411 g/mol. The number of morpholine rings is 1. The van der Waals surface area contributed by atoms with E-state index in [0.29, 0.717) is 6.04 Å². The van der Waals surface area contributed by atoms with Crippen LogP contribution in [0.5, 0.6) is 0 Å². The molecule has 2 aliphatic heterocycles. The van der Waals surface area contributed by atoms with Crippen molar-refractivity contribution in [2.24, 2.45) is 0 Å². The maximum absolute atomic E-state index is 12.9. The number of fused-ring (bicyclic) bond motifs is 1. The summed E-state index contributed by atoms with van der Waals surface area (Å²) in [6.07, 6.45) is 6.40. The Morgan fingerprint density at radius 1 is 0.933 bits per heavy atom. The second-order valence-electron chi connectivity index (χ2n) is 8.88. The lowest BCUT2D eigenvalue weighted by molar-refractivity contribution is 0.0331. The molecule has 3 heterocycles. The summed E-state index contributed by atoms with van der Waals surface area (Å²) in [6.45, 7) is 10.3. The molecule has 5 rings (SSSR count). The summed E-state index contributed by atoms with van der Waals surface area (Å²) in [4.78, 5) is 25.1. The molecule has 2 saturated heterocycles. The van der Waals surface area contributed by atoms with Gasteiger partial charge < -0.3 is 9.64 Å². The summed E-state index contributed by atoms with van der Waals surface area (Å²) in [6, 6.07) is 6.52. The fourth-order valence-electron chi connectivity index (χ4n) is 5.10. The molecule has 0 spiro atoms. The van der Waals surface area contributed by atoms with Crippen LogP contribution in [0.2, 0.25) is 0 Å². The summed E-state index contributed by atoms with van der Waals surface area (Å²) >= 11 is 0. The van der Waals surface area contributed by atoms with Crippen molar-refractivity contribution in [3.63, 3.8) is 0 Å². The standard InChI is InChI=1S/C23H33N5O2/c29-23-21-6-5-20(17-22(21)24-18-28(23)19-3-1-2-4-19)27-11-9-25(10-12-27)7-8-26-13-15-30-16-14-26/h5-6,17-19H,1-4,7-16H2. The van der Waals surface area contributed by atoms with Gasteiger partial charge in [0.05, 0.1) is 30.4 Å². The zero-order chi connectivity index (χ0) is 20.3. The quantitative estimate of drug-likeness (QED) is 0.750. The van der Waals surface area contributed by atoms with Gasteiger partial charge in [0.1, 0.15) is 0 Å². The van der Waals surface area contributed by atoms with Crippen LogP contribution in [0.3, 0.4) is 0 Å². The highest BCUT2D eigenvalue weighted by Gasteiger charge is 2.21. The van der Waals surface area contributed by atoms with Gasteiger partial charge in [0.25, 0.3) is 5.56 Å². The lowest BCUT2D eigenvalue weighted by Crippen LogP contribution is -2.49. The SMILES string of the molecule is O=c1c2ccc(N3CCN(CCN4CCOCC4)CC3)cc2ncn1C1CCCC1. The van der Waals surface area contributed by atoms with E-state index in [1.807, 2.05) is 10.6 Å². The van der Waals surface area contributed by atoms with E-state index in [0.717, 1.165) is 89.3 Å². The summed E-state index contributed by atoms with van der Waals surface area (Å²) < 4.78 is 7.30. The Bertz CT molecular complexity index is 909. The van der Waals surface area contributed by atoms with E-state index in [2.05, 4.69) is 31.8 Å².